The summed E-state index contributed by atoms with van der Waals surface area (Å²) in [6.45, 7) is 0. The van der Waals surface area contributed by atoms with Crippen molar-refractivity contribution in [3.63, 3.8) is 0 Å². The predicted octanol–water partition coefficient (Wildman–Crippen LogP) is 3.66. The SMILES string of the molecule is Cl[C@@H]1\C=C/C=C\C=C\CC[C@@H]1Cl. The lowest BCUT2D eigenvalue weighted by Gasteiger charge is -2.10. The number of hydrogen-bond donors (Lipinski definition) is 0. The summed E-state index contributed by atoms with van der Waals surface area (Å²) in [5.41, 5.74) is 0. The molecule has 12 heavy (non-hydrogen) atoms. The van der Waals surface area contributed by atoms with Gasteiger partial charge in [0.15, 0.2) is 0 Å². The summed E-state index contributed by atoms with van der Waals surface area (Å²) < 4.78 is 0. The summed E-state index contributed by atoms with van der Waals surface area (Å²) in [5, 5.41) is -0.0121. The first-order valence-corrected chi connectivity index (χ1v) is 4.96. The van der Waals surface area contributed by atoms with Crippen molar-refractivity contribution < 1.29 is 0 Å². The zero-order valence-corrected chi connectivity index (χ0v) is 8.30. The van der Waals surface area contributed by atoms with Crippen LogP contribution in [0.4, 0.5) is 0 Å². The minimum absolute atomic E-state index is 0.0408. The third-order valence-corrected chi connectivity index (χ3v) is 2.79. The standard InChI is InChI=1S/C10H12Cl2/c11-9-7-5-3-1-2-4-6-8-10(9)12/h1-5,7,9-10H,6,8H2/b3-1-,4-2+,7-5-/t9-,10+/m1/s1. The Kier molecular flexibility index (Phi) is 4.49. The highest BCUT2D eigenvalue weighted by Gasteiger charge is 2.12. The van der Waals surface area contributed by atoms with Crippen molar-refractivity contribution in [1.29, 1.82) is 0 Å². The van der Waals surface area contributed by atoms with Gasteiger partial charge >= 0.3 is 0 Å². The van der Waals surface area contributed by atoms with Gasteiger partial charge in [0, 0.05) is 0 Å². The lowest BCUT2D eigenvalue weighted by atomic mass is 10.1. The topological polar surface area (TPSA) is 0 Å². The van der Waals surface area contributed by atoms with Gasteiger partial charge in [0.2, 0.25) is 0 Å². The van der Waals surface area contributed by atoms with Crippen molar-refractivity contribution >= 4 is 23.2 Å². The van der Waals surface area contributed by atoms with Crippen molar-refractivity contribution in [2.75, 3.05) is 0 Å². The highest BCUT2D eigenvalue weighted by molar-refractivity contribution is 6.30. The molecule has 1 rings (SSSR count). The first kappa shape index (κ1) is 9.88. The highest BCUT2D eigenvalue weighted by Crippen LogP contribution is 2.17. The molecular weight excluding hydrogens is 191 g/mol. The molecule has 0 saturated carbocycles. The number of halogens is 2. The van der Waals surface area contributed by atoms with E-state index in [9.17, 15) is 0 Å². The van der Waals surface area contributed by atoms with Gasteiger partial charge in [0.1, 0.15) is 0 Å². The fourth-order valence-corrected chi connectivity index (χ4v) is 1.43. The maximum atomic E-state index is 6.03. The molecule has 0 saturated heterocycles. The highest BCUT2D eigenvalue weighted by atomic mass is 35.5. The van der Waals surface area contributed by atoms with Gasteiger partial charge in [-0.2, -0.15) is 0 Å². The van der Waals surface area contributed by atoms with E-state index in [1.165, 1.54) is 0 Å². The first-order valence-electron chi connectivity index (χ1n) is 4.09. The number of allylic oxidation sites excluding steroid dienone is 6. The van der Waals surface area contributed by atoms with Crippen LogP contribution in [-0.2, 0) is 0 Å². The second kappa shape index (κ2) is 5.45. The average molecular weight is 203 g/mol. The van der Waals surface area contributed by atoms with Gasteiger partial charge in [-0.1, -0.05) is 36.5 Å². The Morgan fingerprint density at radius 1 is 1.00 bits per heavy atom. The van der Waals surface area contributed by atoms with Crippen molar-refractivity contribution in [3.05, 3.63) is 36.5 Å². The lowest BCUT2D eigenvalue weighted by molar-refractivity contribution is 0.776. The van der Waals surface area contributed by atoms with Gasteiger partial charge in [0.25, 0.3) is 0 Å². The molecule has 0 aliphatic heterocycles. The molecule has 0 aromatic carbocycles. The van der Waals surface area contributed by atoms with Gasteiger partial charge < -0.3 is 0 Å². The van der Waals surface area contributed by atoms with Gasteiger partial charge in [-0.3, -0.25) is 0 Å². The van der Waals surface area contributed by atoms with Crippen LogP contribution in [0, 0.1) is 0 Å². The van der Waals surface area contributed by atoms with E-state index in [4.69, 9.17) is 23.2 Å². The predicted molar refractivity (Wildman–Crippen MR) is 55.9 cm³/mol. The Balaban J connectivity index is 2.60. The quantitative estimate of drug-likeness (QED) is 0.527. The molecule has 0 radical (unpaired) electrons. The Hall–Kier alpha value is -0.200. The Labute approximate surface area is 83.6 Å². The molecule has 0 aromatic rings. The largest absolute Gasteiger partial charge is 0.121 e. The second-order valence-electron chi connectivity index (χ2n) is 2.74. The molecule has 0 bridgehead atoms. The van der Waals surface area contributed by atoms with Crippen LogP contribution in [0.3, 0.4) is 0 Å². The minimum atomic E-state index is -0.0529. The van der Waals surface area contributed by atoms with Crippen LogP contribution in [0.1, 0.15) is 12.8 Å². The molecule has 0 amide bonds. The molecule has 0 heterocycles. The minimum Gasteiger partial charge on any atom is -0.121 e. The molecular formula is C10H12Cl2. The Morgan fingerprint density at radius 2 is 1.75 bits per heavy atom. The fourth-order valence-electron chi connectivity index (χ4n) is 1.01. The zero-order valence-electron chi connectivity index (χ0n) is 6.79. The average Bonchev–Trinajstić information content (AvgIpc) is 2.08. The first-order chi connectivity index (χ1) is 5.80. The third kappa shape index (κ3) is 3.46. The van der Waals surface area contributed by atoms with E-state index in [0.29, 0.717) is 0 Å². The van der Waals surface area contributed by atoms with Gasteiger partial charge in [0.05, 0.1) is 10.8 Å². The molecule has 0 nitrogen and oxygen atoms in total. The third-order valence-electron chi connectivity index (χ3n) is 1.72. The molecule has 1 aliphatic carbocycles. The number of alkyl halides is 2. The number of hydrogen-bond acceptors (Lipinski definition) is 0. The Morgan fingerprint density at radius 3 is 2.58 bits per heavy atom. The van der Waals surface area contributed by atoms with Crippen LogP contribution in [0.2, 0.25) is 0 Å². The zero-order chi connectivity index (χ0) is 8.81. The normalized spacial score (nSPS) is 38.5. The molecule has 0 N–H and O–H groups in total. The Bertz CT molecular complexity index is 204. The maximum Gasteiger partial charge on any atom is 0.0682 e. The fraction of sp³-hybridized carbons (Fsp3) is 0.400. The maximum absolute atomic E-state index is 6.03. The van der Waals surface area contributed by atoms with Gasteiger partial charge in [-0.25, -0.2) is 0 Å². The van der Waals surface area contributed by atoms with Crippen molar-refractivity contribution in [2.45, 2.75) is 23.6 Å². The van der Waals surface area contributed by atoms with Crippen LogP contribution in [0.25, 0.3) is 0 Å². The monoisotopic (exact) mass is 202 g/mol. The van der Waals surface area contributed by atoms with Crippen molar-refractivity contribution in [3.8, 4) is 0 Å². The van der Waals surface area contributed by atoms with E-state index in [1.807, 2.05) is 30.4 Å². The molecule has 0 spiro atoms. The molecule has 0 unspecified atom stereocenters. The van der Waals surface area contributed by atoms with Crippen LogP contribution in [0.5, 0.6) is 0 Å². The van der Waals surface area contributed by atoms with E-state index < -0.39 is 0 Å². The molecule has 2 atom stereocenters. The van der Waals surface area contributed by atoms with Crippen LogP contribution < -0.4 is 0 Å². The summed E-state index contributed by atoms with van der Waals surface area (Å²) in [7, 11) is 0. The lowest BCUT2D eigenvalue weighted by Crippen LogP contribution is -2.11. The van der Waals surface area contributed by atoms with Gasteiger partial charge in [-0.05, 0) is 12.8 Å². The molecule has 0 fully saturated rings. The summed E-state index contributed by atoms with van der Waals surface area (Å²) in [6.07, 6.45) is 13.9. The van der Waals surface area contributed by atoms with Crippen molar-refractivity contribution in [1.82, 2.24) is 0 Å². The van der Waals surface area contributed by atoms with Crippen molar-refractivity contribution in [2.24, 2.45) is 0 Å². The second-order valence-corrected chi connectivity index (χ2v) is 3.80. The van der Waals surface area contributed by atoms with Gasteiger partial charge in [-0.15, -0.1) is 23.2 Å². The molecule has 2 heteroatoms. The summed E-state index contributed by atoms with van der Waals surface area (Å²) in [6, 6.07) is 0. The summed E-state index contributed by atoms with van der Waals surface area (Å²) >= 11 is 12.0. The molecule has 1 aliphatic rings. The summed E-state index contributed by atoms with van der Waals surface area (Å²) in [5.74, 6) is 0. The number of rotatable bonds is 0. The molecule has 66 valence electrons. The van der Waals surface area contributed by atoms with E-state index in [-0.39, 0.29) is 10.8 Å². The van der Waals surface area contributed by atoms with Crippen LogP contribution in [0.15, 0.2) is 36.5 Å². The van der Waals surface area contributed by atoms with E-state index in [1.54, 1.807) is 0 Å². The smallest absolute Gasteiger partial charge is 0.0682 e. The van der Waals surface area contributed by atoms with Crippen LogP contribution >= 0.6 is 23.2 Å². The van der Waals surface area contributed by atoms with E-state index >= 15 is 0 Å². The van der Waals surface area contributed by atoms with E-state index in [2.05, 4.69) is 6.08 Å². The van der Waals surface area contributed by atoms with E-state index in [0.717, 1.165) is 12.8 Å². The van der Waals surface area contributed by atoms with Crippen LogP contribution in [-0.4, -0.2) is 10.8 Å². The summed E-state index contributed by atoms with van der Waals surface area (Å²) in [4.78, 5) is 0. The molecule has 0 aromatic heterocycles.